The Hall–Kier alpha value is -6.49. The molecule has 0 saturated heterocycles. The van der Waals surface area contributed by atoms with E-state index < -0.39 is 0 Å². The van der Waals surface area contributed by atoms with Crippen LogP contribution in [-0.4, -0.2) is 5.84 Å². The molecule has 2 atom stereocenters. The molecule has 0 aliphatic carbocycles. The van der Waals surface area contributed by atoms with Gasteiger partial charge in [0.05, 0.1) is 0 Å². The topological polar surface area (TPSA) is 49.6 Å². The third-order valence-electron chi connectivity index (χ3n) is 10.2. The van der Waals surface area contributed by atoms with Crippen molar-refractivity contribution >= 4 is 49.3 Å². The van der Waals surface area contributed by atoms with Gasteiger partial charge in [0, 0.05) is 16.3 Å². The predicted octanol–water partition coefficient (Wildman–Crippen LogP) is 11.6. The first-order valence-corrected chi connectivity index (χ1v) is 17.4. The molecule has 0 amide bonds. The van der Waals surface area contributed by atoms with E-state index in [0.29, 0.717) is 0 Å². The number of amidine groups is 1. The molecule has 0 saturated carbocycles. The Bertz CT molecular complexity index is 2770. The van der Waals surface area contributed by atoms with Crippen molar-refractivity contribution in [1.29, 1.82) is 0 Å². The summed E-state index contributed by atoms with van der Waals surface area (Å²) in [6.07, 6.45) is -0.370. The number of benzene rings is 8. The van der Waals surface area contributed by atoms with Gasteiger partial charge in [-0.1, -0.05) is 152 Å². The number of nitrogens with one attached hydrogen (secondary N) is 2. The molecule has 0 radical (unpaired) electrons. The van der Waals surface area contributed by atoms with Gasteiger partial charge in [0.15, 0.2) is 0 Å². The van der Waals surface area contributed by atoms with Gasteiger partial charge in [-0.05, 0) is 79.2 Å². The first-order chi connectivity index (χ1) is 25.3. The van der Waals surface area contributed by atoms with E-state index in [4.69, 9.17) is 9.41 Å². The van der Waals surface area contributed by atoms with Crippen LogP contribution >= 0.6 is 0 Å². The quantitative estimate of drug-likeness (QED) is 0.194. The van der Waals surface area contributed by atoms with E-state index in [1.807, 2.05) is 12.1 Å². The third kappa shape index (κ3) is 5.16. The van der Waals surface area contributed by atoms with Crippen LogP contribution in [0.25, 0.3) is 65.7 Å². The highest BCUT2D eigenvalue weighted by Gasteiger charge is 2.27. The molecular formula is C47H33N3O. The molecule has 8 aromatic carbocycles. The minimum absolute atomic E-state index is 0.170. The van der Waals surface area contributed by atoms with Gasteiger partial charge in [0.2, 0.25) is 0 Å². The first-order valence-electron chi connectivity index (χ1n) is 17.4. The summed E-state index contributed by atoms with van der Waals surface area (Å²) in [5.41, 5.74) is 9.82. The fourth-order valence-electron chi connectivity index (χ4n) is 7.68. The maximum absolute atomic E-state index is 6.48. The van der Waals surface area contributed by atoms with E-state index in [9.17, 15) is 0 Å². The molecule has 0 fully saturated rings. The number of aliphatic imine (C=N–C) groups is 1. The number of hydrogen-bond acceptors (Lipinski definition) is 4. The fourth-order valence-corrected chi connectivity index (χ4v) is 7.68. The van der Waals surface area contributed by atoms with Crippen molar-refractivity contribution in [1.82, 2.24) is 10.6 Å². The smallest absolute Gasteiger partial charge is 0.136 e. The number of hydrogen-bond donors (Lipinski definition) is 2. The zero-order chi connectivity index (χ0) is 33.7. The van der Waals surface area contributed by atoms with Gasteiger partial charge in [-0.2, -0.15) is 0 Å². The lowest BCUT2D eigenvalue weighted by Gasteiger charge is -2.33. The maximum atomic E-state index is 6.48. The average Bonchev–Trinajstić information content (AvgIpc) is 3.59. The highest BCUT2D eigenvalue weighted by atomic mass is 16.3. The van der Waals surface area contributed by atoms with Crippen molar-refractivity contribution in [3.05, 3.63) is 193 Å². The van der Waals surface area contributed by atoms with Crippen molar-refractivity contribution in [3.63, 3.8) is 0 Å². The Balaban J connectivity index is 1.10. The van der Waals surface area contributed by atoms with E-state index in [0.717, 1.165) is 44.5 Å². The van der Waals surface area contributed by atoms with Crippen molar-refractivity contribution in [2.45, 2.75) is 12.3 Å². The molecule has 9 aromatic rings. The van der Waals surface area contributed by atoms with Crippen LogP contribution in [-0.2, 0) is 0 Å². The summed E-state index contributed by atoms with van der Waals surface area (Å²) in [6.45, 7) is 0. The van der Waals surface area contributed by atoms with E-state index in [1.54, 1.807) is 0 Å². The van der Waals surface area contributed by atoms with Crippen LogP contribution in [0.5, 0.6) is 0 Å². The molecule has 4 heteroatoms. The molecule has 1 aromatic heterocycles. The summed E-state index contributed by atoms with van der Waals surface area (Å²) in [4.78, 5) is 5.13. The Morgan fingerprint density at radius 3 is 2.06 bits per heavy atom. The number of fused-ring (bicyclic) bond motifs is 5. The zero-order valence-electron chi connectivity index (χ0n) is 27.8. The van der Waals surface area contributed by atoms with Crippen molar-refractivity contribution in [3.8, 4) is 22.3 Å². The molecule has 2 N–H and O–H groups in total. The second-order valence-electron chi connectivity index (χ2n) is 13.2. The van der Waals surface area contributed by atoms with Gasteiger partial charge in [0.1, 0.15) is 29.3 Å². The van der Waals surface area contributed by atoms with Gasteiger partial charge >= 0.3 is 0 Å². The molecule has 0 bridgehead atoms. The molecule has 242 valence electrons. The van der Waals surface area contributed by atoms with Gasteiger partial charge in [0.25, 0.3) is 0 Å². The van der Waals surface area contributed by atoms with Crippen molar-refractivity contribution in [2.24, 2.45) is 4.99 Å². The van der Waals surface area contributed by atoms with Crippen LogP contribution in [0.4, 0.5) is 0 Å². The largest absolute Gasteiger partial charge is 0.456 e. The molecule has 0 spiro atoms. The lowest BCUT2D eigenvalue weighted by atomic mass is 9.91. The van der Waals surface area contributed by atoms with Crippen LogP contribution in [0.3, 0.4) is 0 Å². The van der Waals surface area contributed by atoms with Crippen LogP contribution in [0.15, 0.2) is 185 Å². The summed E-state index contributed by atoms with van der Waals surface area (Å²) in [5.74, 6) is 0.873. The summed E-state index contributed by atoms with van der Waals surface area (Å²) in [5, 5.41) is 14.6. The second kappa shape index (κ2) is 12.1. The van der Waals surface area contributed by atoms with Crippen molar-refractivity contribution in [2.75, 3.05) is 0 Å². The molecule has 1 aliphatic heterocycles. The van der Waals surface area contributed by atoms with E-state index in [1.165, 1.54) is 43.8 Å². The summed E-state index contributed by atoms with van der Waals surface area (Å²) in [7, 11) is 0. The first kappa shape index (κ1) is 29.4. The number of furan rings is 1. The Morgan fingerprint density at radius 1 is 0.471 bits per heavy atom. The van der Waals surface area contributed by atoms with Gasteiger partial charge in [-0.3, -0.25) is 5.32 Å². The average molecular weight is 656 g/mol. The molecule has 51 heavy (non-hydrogen) atoms. The minimum Gasteiger partial charge on any atom is -0.456 e. The second-order valence-corrected chi connectivity index (χ2v) is 13.2. The van der Waals surface area contributed by atoms with E-state index in [2.05, 4.69) is 174 Å². The van der Waals surface area contributed by atoms with Crippen LogP contribution < -0.4 is 10.6 Å². The Morgan fingerprint density at radius 2 is 1.20 bits per heavy atom. The highest BCUT2D eigenvalue weighted by Crippen LogP contribution is 2.42. The maximum Gasteiger partial charge on any atom is 0.136 e. The van der Waals surface area contributed by atoms with Crippen LogP contribution in [0, 0.1) is 0 Å². The number of rotatable bonds is 5. The molecule has 2 heterocycles. The van der Waals surface area contributed by atoms with E-state index >= 15 is 0 Å². The predicted molar refractivity (Wildman–Crippen MR) is 211 cm³/mol. The summed E-state index contributed by atoms with van der Waals surface area (Å²) in [6, 6.07) is 62.3. The lowest BCUT2D eigenvalue weighted by Crippen LogP contribution is -2.45. The summed E-state index contributed by atoms with van der Waals surface area (Å²) >= 11 is 0. The molecule has 10 rings (SSSR count). The fraction of sp³-hybridized carbons (Fsp3) is 0.0426. The highest BCUT2D eigenvalue weighted by molar-refractivity contribution is 6.16. The van der Waals surface area contributed by atoms with Gasteiger partial charge in [-0.15, -0.1) is 0 Å². The normalized spacial score (nSPS) is 16.0. The SMILES string of the molecule is c1ccc(C2=NC(c3ccccc3)NC(c3ccc(-c4cccc5oc6ccc(-c7ccc8ccccc8c7)cc6c45)c4ccccc34)N2)cc1. The Kier molecular flexibility index (Phi) is 7.00. The molecular weight excluding hydrogens is 623 g/mol. The molecule has 4 nitrogen and oxygen atoms in total. The number of nitrogens with zero attached hydrogens (tertiary/aromatic N) is 1. The molecule has 2 unspecified atom stereocenters. The van der Waals surface area contributed by atoms with Crippen LogP contribution in [0.1, 0.15) is 29.0 Å². The third-order valence-corrected chi connectivity index (χ3v) is 10.2. The van der Waals surface area contributed by atoms with Gasteiger partial charge in [-0.25, -0.2) is 4.99 Å². The Labute approximate surface area is 295 Å². The lowest BCUT2D eigenvalue weighted by molar-refractivity contribution is 0.411. The minimum atomic E-state index is -0.200. The zero-order valence-corrected chi connectivity index (χ0v) is 27.8. The van der Waals surface area contributed by atoms with Crippen molar-refractivity contribution < 1.29 is 4.42 Å². The standard InChI is InChI=1S/C47H33N3O/c1-3-13-31(14-4-1)45-48-46(32-15-5-2-6-16-32)50-47(49-45)40-26-25-38(36-18-9-10-19-37(36)40)39-20-11-21-43-44(39)41-29-35(24-27-42(41)51-43)34-23-22-30-12-7-8-17-33(30)28-34/h1-29,45,47,49H,(H,48,50). The summed E-state index contributed by atoms with van der Waals surface area (Å²) < 4.78 is 6.48. The molecule has 1 aliphatic rings. The van der Waals surface area contributed by atoms with Gasteiger partial charge < -0.3 is 9.73 Å². The van der Waals surface area contributed by atoms with Crippen LogP contribution in [0.2, 0.25) is 0 Å². The van der Waals surface area contributed by atoms with E-state index in [-0.39, 0.29) is 12.3 Å². The monoisotopic (exact) mass is 655 g/mol.